The zero-order chi connectivity index (χ0) is 58.7. The SMILES string of the molecule is CCCCCCCCCCCCCCCCCC(=O)OC(CCCCCCCCCC)CCCCCCC(=O)[O-].CCCCCCCCCCCCCCCCCC(=O)OC(CCCCCCCCCC)CCCCCCC(=O)[O-].[Ca+2]. The van der Waals surface area contributed by atoms with Crippen molar-refractivity contribution in [3.05, 3.63) is 0 Å². The van der Waals surface area contributed by atoms with Gasteiger partial charge in [0.2, 0.25) is 0 Å². The third-order valence-corrected chi connectivity index (χ3v) is 16.6. The van der Waals surface area contributed by atoms with Crippen LogP contribution in [0.3, 0.4) is 0 Å². The van der Waals surface area contributed by atoms with Crippen molar-refractivity contribution in [2.45, 2.75) is 438 Å². The zero-order valence-electron chi connectivity index (χ0n) is 55.0. The Kier molecular flexibility index (Phi) is 76.4. The minimum atomic E-state index is -0.958. The first kappa shape index (κ1) is 84.3. The molecule has 0 fully saturated rings. The summed E-state index contributed by atoms with van der Waals surface area (Å²) in [4.78, 5) is 46.3. The predicted octanol–water partition coefficient (Wildman–Crippen LogP) is 21.2. The van der Waals surface area contributed by atoms with Gasteiger partial charge in [-0.2, -0.15) is 0 Å². The average Bonchev–Trinajstić information content (AvgIpc) is 3.43. The molecule has 0 saturated heterocycles. The van der Waals surface area contributed by atoms with E-state index in [1.54, 1.807) is 0 Å². The molecule has 0 aromatic carbocycles. The summed E-state index contributed by atoms with van der Waals surface area (Å²) in [6.45, 7) is 9.07. The summed E-state index contributed by atoms with van der Waals surface area (Å²) in [5.41, 5.74) is 0. The van der Waals surface area contributed by atoms with Crippen LogP contribution in [0.5, 0.6) is 0 Å². The summed E-state index contributed by atoms with van der Waals surface area (Å²) in [5.74, 6) is -1.95. The summed E-state index contributed by atoms with van der Waals surface area (Å²) >= 11 is 0. The van der Waals surface area contributed by atoms with Gasteiger partial charge in [-0.25, -0.2) is 0 Å². The Hall–Kier alpha value is -0.860. The van der Waals surface area contributed by atoms with E-state index in [0.29, 0.717) is 25.7 Å². The van der Waals surface area contributed by atoms with Crippen molar-refractivity contribution in [1.82, 2.24) is 0 Å². The molecule has 0 aliphatic heterocycles. The third kappa shape index (κ3) is 75.2. The number of carboxylic acids is 2. The van der Waals surface area contributed by atoms with Gasteiger partial charge in [0.1, 0.15) is 12.2 Å². The minimum Gasteiger partial charge on any atom is -0.550 e. The maximum atomic E-state index is 12.5. The molecule has 0 radical (unpaired) electrons. The Bertz CT molecular complexity index is 1170. The molecular weight excluding hydrogens is 1030 g/mol. The molecule has 2 unspecified atom stereocenters. The molecule has 0 bridgehead atoms. The Balaban J connectivity index is -0.00000148. The standard InChI is InChI=1S/2C36H70O4.Ca/c2*1-3-5-7-9-11-13-14-15-16-17-18-19-21-23-29-33-36(39)40-34(31-27-24-25-28-32-35(37)38)30-26-22-20-12-10-8-6-4-2;/h2*34H,3-33H2,1-2H3,(H,37,38);/q;;+2/p-2. The van der Waals surface area contributed by atoms with Crippen molar-refractivity contribution in [1.29, 1.82) is 0 Å². The van der Waals surface area contributed by atoms with E-state index < -0.39 is 11.9 Å². The quantitative estimate of drug-likeness (QED) is 0.0334. The Labute approximate surface area is 534 Å². The van der Waals surface area contributed by atoms with Crippen LogP contribution in [0.15, 0.2) is 0 Å². The van der Waals surface area contributed by atoms with Gasteiger partial charge >= 0.3 is 49.7 Å². The van der Waals surface area contributed by atoms with Crippen LogP contribution in [0, 0.1) is 0 Å². The maximum Gasteiger partial charge on any atom is 2.00 e. The van der Waals surface area contributed by atoms with Crippen LogP contribution in [0.4, 0.5) is 0 Å². The van der Waals surface area contributed by atoms with Crippen LogP contribution in [-0.4, -0.2) is 73.8 Å². The van der Waals surface area contributed by atoms with Crippen LogP contribution in [0.25, 0.3) is 0 Å². The van der Waals surface area contributed by atoms with Crippen molar-refractivity contribution in [3.8, 4) is 0 Å². The normalized spacial score (nSPS) is 11.9. The first-order valence-corrected chi connectivity index (χ1v) is 36.0. The van der Waals surface area contributed by atoms with E-state index in [-0.39, 0.29) is 74.7 Å². The molecule has 8 nitrogen and oxygen atoms in total. The van der Waals surface area contributed by atoms with E-state index >= 15 is 0 Å². The second-order valence-electron chi connectivity index (χ2n) is 24.8. The van der Waals surface area contributed by atoms with Crippen molar-refractivity contribution in [2.24, 2.45) is 0 Å². The second-order valence-corrected chi connectivity index (χ2v) is 24.8. The number of carbonyl (C=O) groups is 4. The number of carboxylic acid groups (broad SMARTS) is 2. The number of unbranched alkanes of at least 4 members (excludes halogenated alkanes) is 48. The average molecular weight is 1170 g/mol. The van der Waals surface area contributed by atoms with Gasteiger partial charge in [0.25, 0.3) is 0 Å². The summed E-state index contributed by atoms with van der Waals surface area (Å²) in [6, 6.07) is 0. The van der Waals surface area contributed by atoms with Crippen LogP contribution < -0.4 is 10.2 Å². The molecule has 0 rings (SSSR count). The molecular formula is C72H138CaO8. The monoisotopic (exact) mass is 1170 g/mol. The largest absolute Gasteiger partial charge is 2.00 e. The van der Waals surface area contributed by atoms with Crippen molar-refractivity contribution in [2.75, 3.05) is 0 Å². The topological polar surface area (TPSA) is 133 Å². The molecule has 0 saturated carbocycles. The number of carbonyl (C=O) groups excluding carboxylic acids is 4. The van der Waals surface area contributed by atoms with E-state index in [1.165, 1.54) is 257 Å². The molecule has 0 aliphatic carbocycles. The van der Waals surface area contributed by atoms with Gasteiger partial charge in [-0.15, -0.1) is 0 Å². The van der Waals surface area contributed by atoms with E-state index in [4.69, 9.17) is 9.47 Å². The van der Waals surface area contributed by atoms with E-state index in [0.717, 1.165) is 103 Å². The molecule has 0 heterocycles. The number of rotatable bonds is 66. The maximum absolute atomic E-state index is 12.5. The Morgan fingerprint density at radius 1 is 0.235 bits per heavy atom. The number of hydrogen-bond acceptors (Lipinski definition) is 8. The van der Waals surface area contributed by atoms with Crippen LogP contribution in [0.2, 0.25) is 0 Å². The van der Waals surface area contributed by atoms with Crippen LogP contribution >= 0.6 is 0 Å². The van der Waals surface area contributed by atoms with Gasteiger partial charge in [0, 0.05) is 24.8 Å². The molecule has 476 valence electrons. The summed E-state index contributed by atoms with van der Waals surface area (Å²) < 4.78 is 11.9. The zero-order valence-corrected chi connectivity index (χ0v) is 57.2. The van der Waals surface area contributed by atoms with Crippen molar-refractivity contribution >= 4 is 61.6 Å². The number of hydrogen-bond donors (Lipinski definition) is 0. The molecule has 0 aromatic heterocycles. The first-order chi connectivity index (χ1) is 39.2. The van der Waals surface area contributed by atoms with Gasteiger partial charge in [-0.3, -0.25) is 9.59 Å². The third-order valence-electron chi connectivity index (χ3n) is 16.6. The number of esters is 2. The van der Waals surface area contributed by atoms with Crippen molar-refractivity contribution < 1.29 is 38.9 Å². The molecule has 81 heavy (non-hydrogen) atoms. The van der Waals surface area contributed by atoms with Gasteiger partial charge in [-0.1, -0.05) is 323 Å². The van der Waals surface area contributed by atoms with E-state index in [9.17, 15) is 29.4 Å². The predicted molar refractivity (Wildman–Crippen MR) is 344 cm³/mol. The second kappa shape index (κ2) is 73.4. The summed E-state index contributed by atoms with van der Waals surface area (Å²) in [6.07, 6.45) is 72.9. The number of aliphatic carboxylic acids is 2. The smallest absolute Gasteiger partial charge is 0.550 e. The Morgan fingerprint density at radius 3 is 0.556 bits per heavy atom. The summed E-state index contributed by atoms with van der Waals surface area (Å²) in [5, 5.41) is 21.2. The molecule has 0 amide bonds. The molecule has 9 heteroatoms. The van der Waals surface area contributed by atoms with Crippen molar-refractivity contribution in [3.63, 3.8) is 0 Å². The molecule has 0 spiro atoms. The summed E-state index contributed by atoms with van der Waals surface area (Å²) in [7, 11) is 0. The molecule has 0 aliphatic rings. The first-order valence-electron chi connectivity index (χ1n) is 36.0. The van der Waals surface area contributed by atoms with Crippen LogP contribution in [0.1, 0.15) is 426 Å². The van der Waals surface area contributed by atoms with E-state index in [2.05, 4.69) is 27.7 Å². The van der Waals surface area contributed by atoms with Gasteiger partial charge < -0.3 is 29.3 Å². The number of ether oxygens (including phenoxy) is 2. The van der Waals surface area contributed by atoms with Gasteiger partial charge in [-0.05, 0) is 89.9 Å². The van der Waals surface area contributed by atoms with Gasteiger partial charge in [0.05, 0.1) is 0 Å². The Morgan fingerprint density at radius 2 is 0.383 bits per heavy atom. The fraction of sp³-hybridized carbons (Fsp3) is 0.944. The van der Waals surface area contributed by atoms with Crippen LogP contribution in [-0.2, 0) is 28.7 Å². The minimum absolute atomic E-state index is 0. The fourth-order valence-electron chi connectivity index (χ4n) is 11.3. The fourth-order valence-corrected chi connectivity index (χ4v) is 11.3. The molecule has 2 atom stereocenters. The van der Waals surface area contributed by atoms with E-state index in [1.807, 2.05) is 0 Å². The molecule has 0 aromatic rings. The van der Waals surface area contributed by atoms with Gasteiger partial charge in [0.15, 0.2) is 0 Å². The molecule has 0 N–H and O–H groups in total.